The van der Waals surface area contributed by atoms with Crippen molar-refractivity contribution >= 4 is 15.9 Å². The molecule has 0 saturated heterocycles. The zero-order valence-electron chi connectivity index (χ0n) is 11.4. The quantitative estimate of drug-likeness (QED) is 0.935. The third-order valence-corrected chi connectivity index (χ3v) is 3.10. The Balaban J connectivity index is 2.10. The Labute approximate surface area is 122 Å². The number of hydrogen-bond donors (Lipinski definition) is 1. The molecule has 0 saturated carbocycles. The summed E-state index contributed by atoms with van der Waals surface area (Å²) in [5, 5.41) is 3.42. The Bertz CT molecular complexity index is 544. The fourth-order valence-electron chi connectivity index (χ4n) is 1.59. The van der Waals surface area contributed by atoms with Crippen molar-refractivity contribution in [3.63, 3.8) is 0 Å². The highest BCUT2D eigenvalue weighted by Gasteiger charge is 2.09. The topological polar surface area (TPSA) is 37.8 Å². The fourth-order valence-corrected chi connectivity index (χ4v) is 1.99. The van der Waals surface area contributed by atoms with Crippen molar-refractivity contribution in [1.82, 2.24) is 15.3 Å². The molecule has 0 unspecified atom stereocenters. The Hall–Kier alpha value is -1.26. The maximum atomic E-state index is 4.42. The molecule has 100 valence electrons. The lowest BCUT2D eigenvalue weighted by Crippen LogP contribution is -2.35. The van der Waals surface area contributed by atoms with Gasteiger partial charge in [-0.15, -0.1) is 0 Å². The van der Waals surface area contributed by atoms with Crippen LogP contribution in [-0.2, 0) is 6.54 Å². The van der Waals surface area contributed by atoms with E-state index in [2.05, 4.69) is 52.0 Å². The van der Waals surface area contributed by atoms with Crippen molar-refractivity contribution in [2.75, 3.05) is 0 Å². The normalized spacial score (nSPS) is 11.6. The summed E-state index contributed by atoms with van der Waals surface area (Å²) in [5.74, 6) is 0.751. The van der Waals surface area contributed by atoms with E-state index in [1.807, 2.05) is 36.7 Å². The van der Waals surface area contributed by atoms with Crippen LogP contribution in [0.5, 0.6) is 0 Å². The molecule has 0 aliphatic rings. The monoisotopic (exact) mass is 319 g/mol. The maximum Gasteiger partial charge on any atom is 0.159 e. The lowest BCUT2D eigenvalue weighted by Gasteiger charge is -2.20. The van der Waals surface area contributed by atoms with Crippen molar-refractivity contribution in [3.05, 3.63) is 46.7 Å². The van der Waals surface area contributed by atoms with Gasteiger partial charge in [0.25, 0.3) is 0 Å². The molecule has 2 aromatic rings. The van der Waals surface area contributed by atoms with Gasteiger partial charge in [0.05, 0.1) is 0 Å². The Morgan fingerprint density at radius 1 is 1.16 bits per heavy atom. The summed E-state index contributed by atoms with van der Waals surface area (Å²) in [6.45, 7) is 7.21. The van der Waals surface area contributed by atoms with Crippen LogP contribution in [0.2, 0.25) is 0 Å². The minimum atomic E-state index is 0.100. The van der Waals surface area contributed by atoms with Crippen molar-refractivity contribution in [2.45, 2.75) is 32.9 Å². The fraction of sp³-hybridized carbons (Fsp3) is 0.333. The van der Waals surface area contributed by atoms with E-state index < -0.39 is 0 Å². The van der Waals surface area contributed by atoms with Crippen LogP contribution in [0, 0.1) is 0 Å². The number of hydrogen-bond acceptors (Lipinski definition) is 3. The summed E-state index contributed by atoms with van der Waals surface area (Å²) in [6, 6.07) is 8.00. The number of halogens is 1. The molecule has 0 aliphatic carbocycles. The lowest BCUT2D eigenvalue weighted by molar-refractivity contribution is 0.423. The van der Waals surface area contributed by atoms with Crippen molar-refractivity contribution < 1.29 is 0 Å². The van der Waals surface area contributed by atoms with Crippen LogP contribution in [0.4, 0.5) is 0 Å². The molecule has 1 aromatic heterocycles. The molecule has 0 bridgehead atoms. The van der Waals surface area contributed by atoms with Gasteiger partial charge in [-0.3, -0.25) is 0 Å². The number of nitrogens with one attached hydrogen (secondary N) is 1. The molecule has 2 rings (SSSR count). The van der Waals surface area contributed by atoms with Crippen LogP contribution >= 0.6 is 15.9 Å². The molecule has 19 heavy (non-hydrogen) atoms. The zero-order chi connectivity index (χ0) is 13.9. The predicted molar refractivity (Wildman–Crippen MR) is 81.8 cm³/mol. The van der Waals surface area contributed by atoms with Crippen LogP contribution in [0.3, 0.4) is 0 Å². The van der Waals surface area contributed by atoms with Gasteiger partial charge in [-0.1, -0.05) is 28.1 Å². The lowest BCUT2D eigenvalue weighted by atomic mass is 10.1. The third-order valence-electron chi connectivity index (χ3n) is 2.61. The smallest absolute Gasteiger partial charge is 0.159 e. The molecule has 0 fully saturated rings. The van der Waals surface area contributed by atoms with Crippen molar-refractivity contribution in [3.8, 4) is 11.4 Å². The second kappa shape index (κ2) is 5.80. The first-order chi connectivity index (χ1) is 8.94. The van der Waals surface area contributed by atoms with Crippen LogP contribution in [0.25, 0.3) is 11.4 Å². The van der Waals surface area contributed by atoms with E-state index in [0.29, 0.717) is 0 Å². The molecular formula is C15H18BrN3. The minimum absolute atomic E-state index is 0.100. The van der Waals surface area contributed by atoms with Crippen molar-refractivity contribution in [1.29, 1.82) is 0 Å². The molecule has 1 heterocycles. The third kappa shape index (κ3) is 4.40. The highest BCUT2D eigenvalue weighted by molar-refractivity contribution is 9.10. The molecule has 4 heteroatoms. The summed E-state index contributed by atoms with van der Waals surface area (Å²) in [5.41, 5.74) is 2.21. The second-order valence-electron chi connectivity index (χ2n) is 5.53. The van der Waals surface area contributed by atoms with Gasteiger partial charge in [0.2, 0.25) is 0 Å². The summed E-state index contributed by atoms with van der Waals surface area (Å²) < 4.78 is 1.03. The molecule has 0 aliphatic heterocycles. The molecule has 0 amide bonds. The van der Waals surface area contributed by atoms with Gasteiger partial charge in [-0.25, -0.2) is 9.97 Å². The van der Waals surface area contributed by atoms with E-state index in [1.165, 1.54) is 0 Å². The van der Waals surface area contributed by atoms with Crippen LogP contribution < -0.4 is 5.32 Å². The zero-order valence-corrected chi connectivity index (χ0v) is 13.0. The van der Waals surface area contributed by atoms with Gasteiger partial charge in [0.15, 0.2) is 5.82 Å². The first-order valence-corrected chi connectivity index (χ1v) is 7.05. The Kier molecular flexibility index (Phi) is 4.32. The second-order valence-corrected chi connectivity index (χ2v) is 6.44. The highest BCUT2D eigenvalue weighted by Crippen LogP contribution is 2.19. The molecule has 0 radical (unpaired) electrons. The molecule has 0 atom stereocenters. The number of nitrogens with zero attached hydrogens (tertiary/aromatic N) is 2. The standard InChI is InChI=1S/C15H18BrN3/c1-15(2,3)19-10-11-8-17-14(18-9-11)12-5-4-6-13(16)7-12/h4-9,19H,10H2,1-3H3. The largest absolute Gasteiger partial charge is 0.308 e. The van der Waals surface area contributed by atoms with Crippen LogP contribution in [-0.4, -0.2) is 15.5 Å². The first kappa shape index (κ1) is 14.2. The predicted octanol–water partition coefficient (Wildman–Crippen LogP) is 3.79. The van der Waals surface area contributed by atoms with Gasteiger partial charge in [-0.2, -0.15) is 0 Å². The van der Waals surface area contributed by atoms with E-state index in [4.69, 9.17) is 0 Å². The van der Waals surface area contributed by atoms with Gasteiger partial charge in [0, 0.05) is 40.1 Å². The summed E-state index contributed by atoms with van der Waals surface area (Å²) >= 11 is 3.46. The van der Waals surface area contributed by atoms with E-state index in [9.17, 15) is 0 Å². The van der Waals surface area contributed by atoms with Crippen molar-refractivity contribution in [2.24, 2.45) is 0 Å². The first-order valence-electron chi connectivity index (χ1n) is 6.26. The highest BCUT2D eigenvalue weighted by atomic mass is 79.9. The SMILES string of the molecule is CC(C)(C)NCc1cnc(-c2cccc(Br)c2)nc1. The average Bonchev–Trinajstić information content (AvgIpc) is 2.36. The van der Waals surface area contributed by atoms with E-state index >= 15 is 0 Å². The van der Waals surface area contributed by atoms with E-state index in [0.717, 1.165) is 28.0 Å². The molecule has 0 spiro atoms. The number of benzene rings is 1. The summed E-state index contributed by atoms with van der Waals surface area (Å²) in [6.07, 6.45) is 3.75. The Morgan fingerprint density at radius 2 is 1.84 bits per heavy atom. The molecule has 1 N–H and O–H groups in total. The van der Waals surface area contributed by atoms with Gasteiger partial charge in [-0.05, 0) is 32.9 Å². The average molecular weight is 320 g/mol. The van der Waals surface area contributed by atoms with Gasteiger partial charge in [0.1, 0.15) is 0 Å². The number of rotatable bonds is 3. The van der Waals surface area contributed by atoms with Gasteiger partial charge >= 0.3 is 0 Å². The number of aromatic nitrogens is 2. The van der Waals surface area contributed by atoms with Crippen LogP contribution in [0.15, 0.2) is 41.1 Å². The van der Waals surface area contributed by atoms with E-state index in [1.54, 1.807) is 0 Å². The molecule has 1 aromatic carbocycles. The van der Waals surface area contributed by atoms with Gasteiger partial charge < -0.3 is 5.32 Å². The molecular weight excluding hydrogens is 302 g/mol. The maximum absolute atomic E-state index is 4.42. The van der Waals surface area contributed by atoms with Crippen LogP contribution in [0.1, 0.15) is 26.3 Å². The minimum Gasteiger partial charge on any atom is -0.308 e. The summed E-state index contributed by atoms with van der Waals surface area (Å²) in [4.78, 5) is 8.84. The summed E-state index contributed by atoms with van der Waals surface area (Å²) in [7, 11) is 0. The molecule has 3 nitrogen and oxygen atoms in total. The van der Waals surface area contributed by atoms with E-state index in [-0.39, 0.29) is 5.54 Å². The Morgan fingerprint density at radius 3 is 2.42 bits per heavy atom.